The highest BCUT2D eigenvalue weighted by Crippen LogP contribution is 2.45. The quantitative estimate of drug-likeness (QED) is 0.659. The molecule has 0 radical (unpaired) electrons. The topological polar surface area (TPSA) is 53.0 Å². The number of carboxylic acids is 1. The predicted octanol–water partition coefficient (Wildman–Crippen LogP) is 5.07. The standard InChI is InChI=1S/C27H34N2O3/c1-3-32-25-15-22(24(14-19(25)2)20-4-5-20)16-28-12-10-27(11-13-28)17-29(18-27)23-8-6-21(7-9-23)26(30)31/h6-9,14-15,20H,3-5,10-13,16-18H2,1-2H3,(H,30,31). The van der Waals surface area contributed by atoms with Gasteiger partial charge in [0.25, 0.3) is 0 Å². The molecular formula is C27H34N2O3. The molecule has 0 unspecified atom stereocenters. The molecule has 3 aliphatic rings. The Bertz CT molecular complexity index is 981. The normalized spacial score (nSPS) is 20.2. The minimum atomic E-state index is -0.865. The fraction of sp³-hybridized carbons (Fsp3) is 0.519. The zero-order chi connectivity index (χ0) is 22.3. The molecule has 32 heavy (non-hydrogen) atoms. The summed E-state index contributed by atoms with van der Waals surface area (Å²) in [4.78, 5) is 16.1. The summed E-state index contributed by atoms with van der Waals surface area (Å²) in [6.07, 6.45) is 5.12. The average molecular weight is 435 g/mol. The monoisotopic (exact) mass is 434 g/mol. The summed E-state index contributed by atoms with van der Waals surface area (Å²) in [7, 11) is 0. The molecule has 2 heterocycles. The first-order valence-electron chi connectivity index (χ1n) is 12.0. The van der Waals surface area contributed by atoms with Crippen molar-refractivity contribution in [2.75, 3.05) is 37.7 Å². The number of hydrogen-bond acceptors (Lipinski definition) is 4. The van der Waals surface area contributed by atoms with E-state index in [4.69, 9.17) is 9.84 Å². The zero-order valence-corrected chi connectivity index (χ0v) is 19.3. The molecule has 1 aliphatic carbocycles. The Morgan fingerprint density at radius 3 is 2.41 bits per heavy atom. The first-order valence-corrected chi connectivity index (χ1v) is 12.0. The van der Waals surface area contributed by atoms with Crippen LogP contribution in [0.15, 0.2) is 36.4 Å². The maximum Gasteiger partial charge on any atom is 0.335 e. The average Bonchev–Trinajstić information content (AvgIpc) is 3.60. The van der Waals surface area contributed by atoms with Crippen molar-refractivity contribution >= 4 is 11.7 Å². The highest BCUT2D eigenvalue weighted by atomic mass is 16.5. The summed E-state index contributed by atoms with van der Waals surface area (Å²) in [5, 5.41) is 9.10. The van der Waals surface area contributed by atoms with Gasteiger partial charge < -0.3 is 14.7 Å². The van der Waals surface area contributed by atoms with E-state index in [2.05, 4.69) is 35.8 Å². The van der Waals surface area contributed by atoms with Crippen LogP contribution >= 0.6 is 0 Å². The Morgan fingerprint density at radius 2 is 1.81 bits per heavy atom. The van der Waals surface area contributed by atoms with Crippen molar-refractivity contribution in [1.82, 2.24) is 4.90 Å². The third-order valence-electron chi connectivity index (χ3n) is 7.60. The summed E-state index contributed by atoms with van der Waals surface area (Å²) < 4.78 is 5.90. The molecule has 5 heteroatoms. The van der Waals surface area contributed by atoms with Crippen molar-refractivity contribution in [3.05, 3.63) is 58.7 Å². The Labute approximate surface area is 191 Å². The van der Waals surface area contributed by atoms with E-state index in [1.54, 1.807) is 17.7 Å². The number of carboxylic acid groups (broad SMARTS) is 1. The van der Waals surface area contributed by atoms with E-state index in [1.807, 2.05) is 12.1 Å². The van der Waals surface area contributed by atoms with Crippen LogP contribution in [0.1, 0.15) is 65.6 Å². The SMILES string of the molecule is CCOc1cc(CN2CCC3(CC2)CN(c2ccc(C(=O)O)cc2)C3)c(C2CC2)cc1C. The lowest BCUT2D eigenvalue weighted by Crippen LogP contribution is -2.60. The number of piperidine rings is 1. The van der Waals surface area contributed by atoms with Gasteiger partial charge in [0.05, 0.1) is 12.2 Å². The number of hydrogen-bond donors (Lipinski definition) is 1. The summed E-state index contributed by atoms with van der Waals surface area (Å²) in [5.74, 6) is 0.933. The van der Waals surface area contributed by atoms with Crippen molar-refractivity contribution in [2.24, 2.45) is 5.41 Å². The van der Waals surface area contributed by atoms with Gasteiger partial charge in [0.1, 0.15) is 5.75 Å². The Morgan fingerprint density at radius 1 is 1.12 bits per heavy atom. The minimum Gasteiger partial charge on any atom is -0.494 e. The van der Waals surface area contributed by atoms with Gasteiger partial charge in [-0.05, 0) is 106 Å². The number of anilines is 1. The maximum absolute atomic E-state index is 11.1. The molecule has 1 spiro atoms. The number of carbonyl (C=O) groups is 1. The van der Waals surface area contributed by atoms with E-state index in [0.29, 0.717) is 17.6 Å². The molecule has 1 N–H and O–H groups in total. The first-order chi connectivity index (χ1) is 15.5. The van der Waals surface area contributed by atoms with Crippen LogP contribution in [-0.2, 0) is 6.54 Å². The minimum absolute atomic E-state index is 0.353. The van der Waals surface area contributed by atoms with Crippen LogP contribution in [0.3, 0.4) is 0 Å². The second kappa shape index (κ2) is 8.43. The van der Waals surface area contributed by atoms with Crippen LogP contribution in [0.5, 0.6) is 5.75 Å². The first kappa shape index (κ1) is 21.3. The molecule has 2 aliphatic heterocycles. The molecule has 0 atom stereocenters. The molecule has 0 bridgehead atoms. The number of ether oxygens (including phenoxy) is 1. The molecule has 2 aromatic rings. The van der Waals surface area contributed by atoms with Crippen molar-refractivity contribution < 1.29 is 14.6 Å². The third kappa shape index (κ3) is 4.23. The molecule has 5 rings (SSSR count). The number of aromatic carboxylic acids is 1. The molecule has 5 nitrogen and oxygen atoms in total. The largest absolute Gasteiger partial charge is 0.494 e. The Hall–Kier alpha value is -2.53. The van der Waals surface area contributed by atoms with Crippen LogP contribution < -0.4 is 9.64 Å². The molecule has 2 saturated heterocycles. The fourth-order valence-corrected chi connectivity index (χ4v) is 5.48. The van der Waals surface area contributed by atoms with Gasteiger partial charge in [-0.25, -0.2) is 4.79 Å². The fourth-order valence-electron chi connectivity index (χ4n) is 5.48. The van der Waals surface area contributed by atoms with Crippen molar-refractivity contribution in [3.8, 4) is 5.75 Å². The van der Waals surface area contributed by atoms with E-state index < -0.39 is 5.97 Å². The van der Waals surface area contributed by atoms with Gasteiger partial charge in [-0.3, -0.25) is 4.90 Å². The van der Waals surface area contributed by atoms with E-state index in [9.17, 15) is 4.79 Å². The van der Waals surface area contributed by atoms with Gasteiger partial charge in [0.2, 0.25) is 0 Å². The third-order valence-corrected chi connectivity index (χ3v) is 7.60. The number of benzene rings is 2. The van der Waals surface area contributed by atoms with E-state index in [-0.39, 0.29) is 0 Å². The lowest BCUT2D eigenvalue weighted by atomic mass is 9.71. The van der Waals surface area contributed by atoms with Gasteiger partial charge >= 0.3 is 5.97 Å². The predicted molar refractivity (Wildman–Crippen MR) is 127 cm³/mol. The van der Waals surface area contributed by atoms with Crippen molar-refractivity contribution in [1.29, 1.82) is 0 Å². The Kier molecular flexibility index (Phi) is 5.62. The van der Waals surface area contributed by atoms with Crippen LogP contribution in [0.4, 0.5) is 5.69 Å². The number of likely N-dealkylation sites (tertiary alicyclic amines) is 1. The lowest BCUT2D eigenvalue weighted by Gasteiger charge is -2.55. The maximum atomic E-state index is 11.1. The van der Waals surface area contributed by atoms with Crippen LogP contribution in [0, 0.1) is 12.3 Å². The lowest BCUT2D eigenvalue weighted by molar-refractivity contribution is 0.0695. The van der Waals surface area contributed by atoms with Gasteiger partial charge in [-0.15, -0.1) is 0 Å². The molecule has 2 aromatic carbocycles. The zero-order valence-electron chi connectivity index (χ0n) is 19.3. The molecule has 0 aromatic heterocycles. The van der Waals surface area contributed by atoms with E-state index in [0.717, 1.165) is 50.1 Å². The molecule has 3 fully saturated rings. The second-order valence-electron chi connectivity index (χ2n) is 10.0. The number of nitrogens with zero attached hydrogens (tertiary/aromatic N) is 2. The molecular weight excluding hydrogens is 400 g/mol. The molecule has 0 amide bonds. The van der Waals surface area contributed by atoms with Crippen molar-refractivity contribution in [3.63, 3.8) is 0 Å². The summed E-state index contributed by atoms with van der Waals surface area (Å²) in [5.41, 5.74) is 6.19. The second-order valence-corrected chi connectivity index (χ2v) is 10.0. The van der Waals surface area contributed by atoms with Crippen LogP contribution in [0.25, 0.3) is 0 Å². The molecule has 1 saturated carbocycles. The summed E-state index contributed by atoms with van der Waals surface area (Å²) in [6, 6.07) is 12.0. The smallest absolute Gasteiger partial charge is 0.335 e. The van der Waals surface area contributed by atoms with Crippen LogP contribution in [-0.4, -0.2) is 48.8 Å². The van der Waals surface area contributed by atoms with Gasteiger partial charge in [0, 0.05) is 30.7 Å². The summed E-state index contributed by atoms with van der Waals surface area (Å²) in [6.45, 7) is 10.4. The van der Waals surface area contributed by atoms with Gasteiger partial charge in [0.15, 0.2) is 0 Å². The van der Waals surface area contributed by atoms with Crippen molar-refractivity contribution in [2.45, 2.75) is 52.0 Å². The highest BCUT2D eigenvalue weighted by Gasteiger charge is 2.45. The molecule has 170 valence electrons. The van der Waals surface area contributed by atoms with Crippen LogP contribution in [0.2, 0.25) is 0 Å². The van der Waals surface area contributed by atoms with E-state index >= 15 is 0 Å². The van der Waals surface area contributed by atoms with Gasteiger partial charge in [-0.1, -0.05) is 6.07 Å². The highest BCUT2D eigenvalue weighted by molar-refractivity contribution is 5.88. The van der Waals surface area contributed by atoms with E-state index in [1.165, 1.54) is 36.8 Å². The summed E-state index contributed by atoms with van der Waals surface area (Å²) >= 11 is 0. The Balaban J connectivity index is 1.19. The number of aryl methyl sites for hydroxylation is 1. The number of rotatable bonds is 7. The van der Waals surface area contributed by atoms with Gasteiger partial charge in [-0.2, -0.15) is 0 Å².